The van der Waals surface area contributed by atoms with E-state index < -0.39 is 0 Å². The number of aromatic nitrogens is 2. The summed E-state index contributed by atoms with van der Waals surface area (Å²) in [4.78, 5) is 8.66. The standard InChI is InChI=1S/C13H13Cl2N3/c1-7-8(2)17-12(18-13(7)16)6-9-10(14)4-3-5-11(9)15/h3-5H,6H2,1-2H3,(H2,16,17,18). The molecule has 0 aliphatic carbocycles. The monoisotopic (exact) mass is 281 g/mol. The number of hydrogen-bond acceptors (Lipinski definition) is 3. The van der Waals surface area contributed by atoms with Gasteiger partial charge in [-0.1, -0.05) is 29.3 Å². The maximum absolute atomic E-state index is 6.12. The third-order valence-corrected chi connectivity index (χ3v) is 3.58. The summed E-state index contributed by atoms with van der Waals surface area (Å²) >= 11 is 12.2. The van der Waals surface area contributed by atoms with Gasteiger partial charge in [0.2, 0.25) is 0 Å². The third kappa shape index (κ3) is 2.57. The largest absolute Gasteiger partial charge is 0.383 e. The zero-order chi connectivity index (χ0) is 13.3. The van der Waals surface area contributed by atoms with E-state index in [-0.39, 0.29) is 0 Å². The minimum atomic E-state index is 0.476. The van der Waals surface area contributed by atoms with Gasteiger partial charge in [0.1, 0.15) is 11.6 Å². The van der Waals surface area contributed by atoms with Crippen LogP contribution in [0.15, 0.2) is 18.2 Å². The molecular formula is C13H13Cl2N3. The van der Waals surface area contributed by atoms with Gasteiger partial charge in [-0.05, 0) is 31.5 Å². The summed E-state index contributed by atoms with van der Waals surface area (Å²) in [7, 11) is 0. The number of hydrogen-bond donors (Lipinski definition) is 1. The topological polar surface area (TPSA) is 51.8 Å². The van der Waals surface area contributed by atoms with Crippen LogP contribution in [0.25, 0.3) is 0 Å². The van der Waals surface area contributed by atoms with Crippen molar-refractivity contribution in [3.63, 3.8) is 0 Å². The van der Waals surface area contributed by atoms with Crippen molar-refractivity contribution < 1.29 is 0 Å². The first kappa shape index (κ1) is 13.1. The molecule has 5 heteroatoms. The van der Waals surface area contributed by atoms with Gasteiger partial charge in [-0.25, -0.2) is 9.97 Å². The fourth-order valence-electron chi connectivity index (χ4n) is 1.65. The normalized spacial score (nSPS) is 10.7. The van der Waals surface area contributed by atoms with E-state index in [1.807, 2.05) is 19.9 Å². The van der Waals surface area contributed by atoms with Crippen LogP contribution in [0.1, 0.15) is 22.6 Å². The molecule has 0 atom stereocenters. The molecule has 1 aromatic heterocycles. The third-order valence-electron chi connectivity index (χ3n) is 2.87. The molecule has 3 nitrogen and oxygen atoms in total. The number of aryl methyl sites for hydroxylation is 1. The highest BCUT2D eigenvalue weighted by Crippen LogP contribution is 2.26. The maximum Gasteiger partial charge on any atom is 0.135 e. The molecule has 0 bridgehead atoms. The number of rotatable bonds is 2. The SMILES string of the molecule is Cc1nc(Cc2c(Cl)cccc2Cl)nc(N)c1C. The van der Waals surface area contributed by atoms with E-state index in [1.165, 1.54) is 0 Å². The van der Waals surface area contributed by atoms with Gasteiger partial charge in [-0.15, -0.1) is 0 Å². The van der Waals surface area contributed by atoms with Gasteiger partial charge in [0.25, 0.3) is 0 Å². The molecule has 1 heterocycles. The minimum Gasteiger partial charge on any atom is -0.383 e. The first-order valence-electron chi connectivity index (χ1n) is 5.51. The summed E-state index contributed by atoms with van der Waals surface area (Å²) in [5.74, 6) is 1.13. The van der Waals surface area contributed by atoms with E-state index in [4.69, 9.17) is 28.9 Å². The Bertz CT molecular complexity index is 554. The van der Waals surface area contributed by atoms with Crippen molar-refractivity contribution >= 4 is 29.0 Å². The van der Waals surface area contributed by atoms with Crippen LogP contribution in [0.4, 0.5) is 5.82 Å². The second-order valence-corrected chi connectivity index (χ2v) is 4.93. The number of anilines is 1. The van der Waals surface area contributed by atoms with Gasteiger partial charge in [0.15, 0.2) is 0 Å². The summed E-state index contributed by atoms with van der Waals surface area (Å²) in [6.07, 6.45) is 0.476. The lowest BCUT2D eigenvalue weighted by Crippen LogP contribution is -2.06. The molecule has 2 aromatic rings. The predicted octanol–water partition coefficient (Wildman–Crippen LogP) is 3.57. The fourth-order valence-corrected chi connectivity index (χ4v) is 2.18. The summed E-state index contributed by atoms with van der Waals surface area (Å²) in [5.41, 5.74) is 8.44. The molecule has 0 aliphatic rings. The van der Waals surface area contributed by atoms with Gasteiger partial charge < -0.3 is 5.73 Å². The average molecular weight is 282 g/mol. The van der Waals surface area contributed by atoms with Crippen molar-refractivity contribution in [3.05, 3.63) is 50.9 Å². The molecule has 0 radical (unpaired) electrons. The zero-order valence-corrected chi connectivity index (χ0v) is 11.7. The Labute approximate surface area is 116 Å². The smallest absolute Gasteiger partial charge is 0.135 e. The number of halogens is 2. The van der Waals surface area contributed by atoms with Crippen molar-refractivity contribution in [1.29, 1.82) is 0 Å². The molecule has 0 fully saturated rings. The van der Waals surface area contributed by atoms with Crippen molar-refractivity contribution in [1.82, 2.24) is 9.97 Å². The van der Waals surface area contributed by atoms with E-state index in [0.29, 0.717) is 28.1 Å². The molecule has 0 amide bonds. The maximum atomic E-state index is 6.12. The Morgan fingerprint density at radius 2 is 1.72 bits per heavy atom. The van der Waals surface area contributed by atoms with Crippen LogP contribution < -0.4 is 5.73 Å². The van der Waals surface area contributed by atoms with Crippen molar-refractivity contribution in [2.45, 2.75) is 20.3 Å². The first-order valence-corrected chi connectivity index (χ1v) is 6.27. The van der Waals surface area contributed by atoms with Crippen molar-refractivity contribution in [3.8, 4) is 0 Å². The molecule has 0 spiro atoms. The minimum absolute atomic E-state index is 0.476. The quantitative estimate of drug-likeness (QED) is 0.916. The zero-order valence-electron chi connectivity index (χ0n) is 10.2. The molecule has 18 heavy (non-hydrogen) atoms. The highest BCUT2D eigenvalue weighted by atomic mass is 35.5. The summed E-state index contributed by atoms with van der Waals surface area (Å²) in [6.45, 7) is 3.81. The lowest BCUT2D eigenvalue weighted by atomic mass is 10.1. The van der Waals surface area contributed by atoms with Crippen LogP contribution in [-0.2, 0) is 6.42 Å². The van der Waals surface area contributed by atoms with E-state index in [2.05, 4.69) is 9.97 Å². The Kier molecular flexibility index (Phi) is 3.73. The van der Waals surface area contributed by atoms with E-state index in [9.17, 15) is 0 Å². The molecule has 0 saturated heterocycles. The first-order chi connectivity index (χ1) is 8.49. The molecule has 0 saturated carbocycles. The fraction of sp³-hybridized carbons (Fsp3) is 0.231. The Balaban J connectivity index is 2.41. The summed E-state index contributed by atoms with van der Waals surface area (Å²) < 4.78 is 0. The van der Waals surface area contributed by atoms with Crippen LogP contribution in [-0.4, -0.2) is 9.97 Å². The summed E-state index contributed by atoms with van der Waals surface area (Å²) in [5, 5.41) is 1.23. The molecule has 2 N–H and O–H groups in total. The van der Waals surface area contributed by atoms with Gasteiger partial charge >= 0.3 is 0 Å². The lowest BCUT2D eigenvalue weighted by Gasteiger charge is -2.09. The van der Waals surface area contributed by atoms with Gasteiger partial charge in [-0.3, -0.25) is 0 Å². The summed E-state index contributed by atoms with van der Waals surface area (Å²) in [6, 6.07) is 5.41. The van der Waals surface area contributed by atoms with Crippen LogP contribution in [0.3, 0.4) is 0 Å². The Morgan fingerprint density at radius 1 is 1.11 bits per heavy atom. The second kappa shape index (κ2) is 5.12. The molecule has 1 aromatic carbocycles. The number of nitrogens with two attached hydrogens (primary N) is 1. The lowest BCUT2D eigenvalue weighted by molar-refractivity contribution is 0.934. The highest BCUT2D eigenvalue weighted by Gasteiger charge is 2.10. The van der Waals surface area contributed by atoms with Crippen LogP contribution in [0.2, 0.25) is 10.0 Å². The Morgan fingerprint density at radius 3 is 2.28 bits per heavy atom. The molecule has 0 aliphatic heterocycles. The average Bonchev–Trinajstić information content (AvgIpc) is 2.31. The van der Waals surface area contributed by atoms with Gasteiger partial charge in [0.05, 0.1) is 0 Å². The van der Waals surface area contributed by atoms with Crippen molar-refractivity contribution in [2.75, 3.05) is 5.73 Å². The predicted molar refractivity (Wildman–Crippen MR) is 75.2 cm³/mol. The van der Waals surface area contributed by atoms with Crippen LogP contribution in [0.5, 0.6) is 0 Å². The molecule has 2 rings (SSSR count). The van der Waals surface area contributed by atoms with E-state index >= 15 is 0 Å². The van der Waals surface area contributed by atoms with Gasteiger partial charge in [-0.2, -0.15) is 0 Å². The van der Waals surface area contributed by atoms with E-state index in [0.717, 1.165) is 16.8 Å². The number of nitrogens with zero attached hydrogens (tertiary/aromatic N) is 2. The van der Waals surface area contributed by atoms with Crippen LogP contribution >= 0.6 is 23.2 Å². The van der Waals surface area contributed by atoms with Crippen LogP contribution in [0, 0.1) is 13.8 Å². The highest BCUT2D eigenvalue weighted by molar-refractivity contribution is 6.36. The van der Waals surface area contributed by atoms with Crippen molar-refractivity contribution in [2.24, 2.45) is 0 Å². The Hall–Kier alpha value is -1.32. The van der Waals surface area contributed by atoms with E-state index in [1.54, 1.807) is 12.1 Å². The second-order valence-electron chi connectivity index (χ2n) is 4.11. The molecule has 0 unspecified atom stereocenters. The van der Waals surface area contributed by atoms with Gasteiger partial charge in [0, 0.05) is 27.7 Å². The molecular weight excluding hydrogens is 269 g/mol. The number of benzene rings is 1. The number of nitrogen functional groups attached to an aromatic ring is 1. The molecule has 94 valence electrons.